The third kappa shape index (κ3) is 3.07. The lowest BCUT2D eigenvalue weighted by atomic mass is 9.86. The molecule has 2 unspecified atom stereocenters. The molecule has 0 spiro atoms. The molecule has 3 aromatic rings. The van der Waals surface area contributed by atoms with Crippen LogP contribution in [0.15, 0.2) is 49.7 Å². The summed E-state index contributed by atoms with van der Waals surface area (Å²) in [5, 5.41) is 22.7. The number of rotatable bonds is 4. The summed E-state index contributed by atoms with van der Waals surface area (Å²) in [5.41, 5.74) is 2.93. The zero-order valence-electron chi connectivity index (χ0n) is 15.5. The minimum atomic E-state index is 0.129. The summed E-state index contributed by atoms with van der Waals surface area (Å²) in [4.78, 5) is 8.52. The van der Waals surface area contributed by atoms with Crippen molar-refractivity contribution in [1.29, 1.82) is 0 Å². The summed E-state index contributed by atoms with van der Waals surface area (Å²) in [7, 11) is 0. The summed E-state index contributed by atoms with van der Waals surface area (Å²) in [5.74, 6) is 1.14. The van der Waals surface area contributed by atoms with Crippen molar-refractivity contribution < 1.29 is 5.11 Å². The molecule has 4 heterocycles. The van der Waals surface area contributed by atoms with Gasteiger partial charge in [-0.25, -0.2) is 9.97 Å². The molecule has 2 aromatic heterocycles. The van der Waals surface area contributed by atoms with E-state index >= 15 is 0 Å². The molecule has 2 fully saturated rings. The number of nitrogens with zero attached hydrogens (tertiary/aromatic N) is 5. The molecule has 1 aromatic carbocycles. The Labute approximate surface area is 163 Å². The van der Waals surface area contributed by atoms with Crippen LogP contribution in [0.4, 0.5) is 0 Å². The Morgan fingerprint density at radius 3 is 2.64 bits per heavy atom. The highest BCUT2D eigenvalue weighted by atomic mass is 16.3. The van der Waals surface area contributed by atoms with Crippen molar-refractivity contribution >= 4 is 5.57 Å². The first-order valence-corrected chi connectivity index (χ1v) is 9.64. The first-order valence-electron chi connectivity index (χ1n) is 9.64. The molecule has 2 N–H and O–H groups in total. The van der Waals surface area contributed by atoms with Gasteiger partial charge in [-0.2, -0.15) is 0 Å². The van der Waals surface area contributed by atoms with Crippen LogP contribution < -0.4 is 5.32 Å². The van der Waals surface area contributed by atoms with Gasteiger partial charge in [-0.3, -0.25) is 0 Å². The number of allylic oxidation sites excluding steroid dienone is 1. The molecule has 2 saturated heterocycles. The van der Waals surface area contributed by atoms with Gasteiger partial charge in [-0.15, -0.1) is 10.2 Å². The Hall–Kier alpha value is -3.06. The van der Waals surface area contributed by atoms with Crippen LogP contribution in [0.2, 0.25) is 0 Å². The van der Waals surface area contributed by atoms with E-state index in [0.717, 1.165) is 24.1 Å². The number of phenols is 1. The van der Waals surface area contributed by atoms with Crippen LogP contribution in [0.5, 0.6) is 5.75 Å². The van der Waals surface area contributed by atoms with Gasteiger partial charge in [0, 0.05) is 36.1 Å². The highest BCUT2D eigenvalue weighted by molar-refractivity contribution is 5.68. The molecular weight excluding hydrogens is 352 g/mol. The van der Waals surface area contributed by atoms with Gasteiger partial charge in [0.05, 0.1) is 18.2 Å². The number of phenolic OH excluding ortho intramolecular Hbond substituents is 1. The Morgan fingerprint density at radius 2 is 2.00 bits per heavy atom. The molecule has 142 valence electrons. The molecule has 0 saturated carbocycles. The largest absolute Gasteiger partial charge is 0.507 e. The van der Waals surface area contributed by atoms with Gasteiger partial charge < -0.3 is 15.0 Å². The van der Waals surface area contributed by atoms with E-state index in [0.29, 0.717) is 35.1 Å². The lowest BCUT2D eigenvalue weighted by Gasteiger charge is -2.29. The number of imidazole rings is 1. The molecule has 0 amide bonds. The molecule has 0 radical (unpaired) electrons. The van der Waals surface area contributed by atoms with E-state index < -0.39 is 0 Å². The summed E-state index contributed by atoms with van der Waals surface area (Å²) < 4.78 is 1.83. The molecule has 2 aliphatic rings. The second kappa shape index (κ2) is 6.83. The number of nitrogens with one attached hydrogen (secondary N) is 1. The quantitative estimate of drug-likeness (QED) is 0.730. The first-order chi connectivity index (χ1) is 13.7. The maximum absolute atomic E-state index is 10.4. The van der Waals surface area contributed by atoms with Crippen molar-refractivity contribution in [3.05, 3.63) is 55.5 Å². The number of hydrogen-bond donors (Lipinski definition) is 2. The van der Waals surface area contributed by atoms with Gasteiger partial charge in [-0.1, -0.05) is 6.58 Å². The van der Waals surface area contributed by atoms with Crippen LogP contribution >= 0.6 is 0 Å². The fourth-order valence-electron chi connectivity index (χ4n) is 4.38. The third-order valence-corrected chi connectivity index (χ3v) is 5.87. The lowest BCUT2D eigenvalue weighted by molar-refractivity contribution is 0.351. The molecular formula is C21H22N6O. The minimum Gasteiger partial charge on any atom is -0.507 e. The molecule has 2 bridgehead atoms. The maximum atomic E-state index is 10.4. The standard InChI is InChI=1S/C21H22N6O/c1-13(14-8-15-2-3-16(9-14)24-15)21-23-11-19(25-26-21)18-5-4-17(10-20(18)28)27-7-6-22-12-27/h4-7,10-12,14-16,24,28H,1-3,8-9H2. The number of aromatic nitrogens is 5. The summed E-state index contributed by atoms with van der Waals surface area (Å²) in [6, 6.07) is 6.58. The van der Waals surface area contributed by atoms with Crippen LogP contribution in [0.25, 0.3) is 22.5 Å². The fraction of sp³-hybridized carbons (Fsp3) is 0.333. The van der Waals surface area contributed by atoms with Gasteiger partial charge >= 0.3 is 0 Å². The average Bonchev–Trinajstić information content (AvgIpc) is 3.37. The van der Waals surface area contributed by atoms with Gasteiger partial charge in [0.25, 0.3) is 0 Å². The van der Waals surface area contributed by atoms with Crippen LogP contribution in [-0.2, 0) is 0 Å². The summed E-state index contributed by atoms with van der Waals surface area (Å²) in [6.07, 6.45) is 11.6. The zero-order valence-corrected chi connectivity index (χ0v) is 15.5. The van der Waals surface area contributed by atoms with Crippen LogP contribution in [-0.4, -0.2) is 41.9 Å². The monoisotopic (exact) mass is 374 g/mol. The van der Waals surface area contributed by atoms with Gasteiger partial charge in [0.15, 0.2) is 5.82 Å². The van der Waals surface area contributed by atoms with E-state index in [4.69, 9.17) is 0 Å². The summed E-state index contributed by atoms with van der Waals surface area (Å²) in [6.45, 7) is 4.25. The molecule has 2 atom stereocenters. The second-order valence-corrected chi connectivity index (χ2v) is 7.67. The zero-order chi connectivity index (χ0) is 19.1. The Balaban J connectivity index is 1.36. The Kier molecular flexibility index (Phi) is 4.16. The molecule has 28 heavy (non-hydrogen) atoms. The Morgan fingerprint density at radius 1 is 1.18 bits per heavy atom. The maximum Gasteiger partial charge on any atom is 0.177 e. The number of benzene rings is 1. The van der Waals surface area contributed by atoms with E-state index in [9.17, 15) is 5.11 Å². The molecule has 5 rings (SSSR count). The molecule has 7 nitrogen and oxygen atoms in total. The number of hydrogen-bond acceptors (Lipinski definition) is 6. The highest BCUT2D eigenvalue weighted by Crippen LogP contribution is 2.37. The summed E-state index contributed by atoms with van der Waals surface area (Å²) >= 11 is 0. The van der Waals surface area contributed by atoms with Gasteiger partial charge in [0.2, 0.25) is 0 Å². The fourth-order valence-corrected chi connectivity index (χ4v) is 4.38. The van der Waals surface area contributed by atoms with Crippen molar-refractivity contribution in [2.75, 3.05) is 0 Å². The van der Waals surface area contributed by atoms with Crippen molar-refractivity contribution in [2.45, 2.75) is 37.8 Å². The van der Waals surface area contributed by atoms with E-state index in [1.165, 1.54) is 12.8 Å². The predicted molar refractivity (Wildman–Crippen MR) is 106 cm³/mol. The average molecular weight is 374 g/mol. The van der Waals surface area contributed by atoms with Crippen LogP contribution in [0.3, 0.4) is 0 Å². The third-order valence-electron chi connectivity index (χ3n) is 5.87. The van der Waals surface area contributed by atoms with E-state index in [2.05, 4.69) is 32.1 Å². The smallest absolute Gasteiger partial charge is 0.177 e. The topological polar surface area (TPSA) is 88.8 Å². The lowest BCUT2D eigenvalue weighted by Crippen LogP contribution is -2.38. The van der Waals surface area contributed by atoms with E-state index in [-0.39, 0.29) is 5.75 Å². The van der Waals surface area contributed by atoms with E-state index in [1.54, 1.807) is 24.8 Å². The van der Waals surface area contributed by atoms with Crippen molar-refractivity contribution in [2.24, 2.45) is 5.92 Å². The number of piperidine rings is 1. The number of aromatic hydroxyl groups is 1. The molecule has 2 aliphatic heterocycles. The van der Waals surface area contributed by atoms with Crippen molar-refractivity contribution in [3.8, 4) is 22.7 Å². The van der Waals surface area contributed by atoms with Gasteiger partial charge in [-0.05, 0) is 49.3 Å². The van der Waals surface area contributed by atoms with Crippen LogP contribution in [0.1, 0.15) is 31.5 Å². The minimum absolute atomic E-state index is 0.129. The normalized spacial score (nSPS) is 23.6. The predicted octanol–water partition coefficient (Wildman–Crippen LogP) is 2.97. The molecule has 7 heteroatoms. The second-order valence-electron chi connectivity index (χ2n) is 7.67. The molecule has 0 aliphatic carbocycles. The van der Waals surface area contributed by atoms with Gasteiger partial charge in [0.1, 0.15) is 11.4 Å². The Bertz CT molecular complexity index is 986. The van der Waals surface area contributed by atoms with Crippen molar-refractivity contribution in [3.63, 3.8) is 0 Å². The number of fused-ring (bicyclic) bond motifs is 2. The first kappa shape index (κ1) is 17.1. The SMILES string of the molecule is C=C(c1ncc(-c2ccc(-n3ccnc3)cc2O)nn1)C1CC2CCC(C1)N2. The van der Waals surface area contributed by atoms with Crippen molar-refractivity contribution in [1.82, 2.24) is 30.0 Å². The highest BCUT2D eigenvalue weighted by Gasteiger charge is 2.35. The van der Waals surface area contributed by atoms with Crippen LogP contribution in [0, 0.1) is 5.92 Å². The van der Waals surface area contributed by atoms with E-state index in [1.807, 2.05) is 22.9 Å².